The number of hydrogen-bond donors (Lipinski definition) is 0. The quantitative estimate of drug-likeness (QED) is 0.497. The van der Waals surface area contributed by atoms with Gasteiger partial charge in [0.2, 0.25) is 0 Å². The summed E-state index contributed by atoms with van der Waals surface area (Å²) in [5.74, 6) is 4.60. The second kappa shape index (κ2) is 8.84. The topological polar surface area (TPSA) is 0 Å². The van der Waals surface area contributed by atoms with Gasteiger partial charge in [0, 0.05) is 0 Å². The van der Waals surface area contributed by atoms with Crippen LogP contribution in [-0.4, -0.2) is 12.5 Å². The molecule has 0 aromatic heterocycles. The molecule has 0 saturated carbocycles. The molecule has 17 heavy (non-hydrogen) atoms. The molecule has 1 atom stereocenters. The van der Waals surface area contributed by atoms with Crippen LogP contribution in [0.5, 0.6) is 0 Å². The van der Waals surface area contributed by atoms with Crippen molar-refractivity contribution in [3.8, 4) is 0 Å². The van der Waals surface area contributed by atoms with E-state index in [4.69, 9.17) is 0 Å². The van der Waals surface area contributed by atoms with E-state index in [1.54, 1.807) is 0 Å². The van der Waals surface area contributed by atoms with E-state index in [1.807, 2.05) is 13.0 Å². The summed E-state index contributed by atoms with van der Waals surface area (Å²) >= 11 is 0. The van der Waals surface area contributed by atoms with E-state index >= 15 is 0 Å². The van der Waals surface area contributed by atoms with Crippen molar-refractivity contribution >= 4 is 13.3 Å². The molecule has 0 aliphatic carbocycles. The molecule has 1 aliphatic rings. The molecule has 0 aromatic rings. The summed E-state index contributed by atoms with van der Waals surface area (Å²) in [5.41, 5.74) is 1.34. The summed E-state index contributed by atoms with van der Waals surface area (Å²) < 4.78 is 0. The van der Waals surface area contributed by atoms with E-state index in [1.165, 1.54) is 5.57 Å². The highest BCUT2D eigenvalue weighted by Crippen LogP contribution is 2.18. The molecular formula is C16H21P. The van der Waals surface area contributed by atoms with E-state index in [2.05, 4.69) is 73.0 Å². The summed E-state index contributed by atoms with van der Waals surface area (Å²) in [5, 5.41) is 0. The molecule has 1 unspecified atom stereocenters. The van der Waals surface area contributed by atoms with Crippen LogP contribution in [-0.2, 0) is 0 Å². The molecule has 90 valence electrons. The SMILES string of the molecule is C/C=C\C=C/CC1=C\C=C/C=C/[PH](C)=C/C=C\1. The minimum atomic E-state index is -0.443. The fourth-order valence-corrected chi connectivity index (χ4v) is 2.34. The smallest absolute Gasteiger partial charge is 0.00943 e. The average molecular weight is 244 g/mol. The van der Waals surface area contributed by atoms with Crippen molar-refractivity contribution in [3.63, 3.8) is 0 Å². The predicted octanol–water partition coefficient (Wildman–Crippen LogP) is 4.72. The molecule has 0 bridgehead atoms. The van der Waals surface area contributed by atoms with Gasteiger partial charge in [-0.2, -0.15) is 0 Å². The Morgan fingerprint density at radius 3 is 2.82 bits per heavy atom. The molecule has 0 amide bonds. The second-order valence-corrected chi connectivity index (χ2v) is 6.07. The molecule has 0 N–H and O–H groups in total. The summed E-state index contributed by atoms with van der Waals surface area (Å²) in [7, 11) is -0.443. The zero-order valence-corrected chi connectivity index (χ0v) is 11.6. The van der Waals surface area contributed by atoms with Gasteiger partial charge in [0.15, 0.2) is 0 Å². The fraction of sp³-hybridized carbons (Fsp3) is 0.188. The first kappa shape index (κ1) is 13.8. The van der Waals surface area contributed by atoms with Crippen molar-refractivity contribution in [1.82, 2.24) is 0 Å². The van der Waals surface area contributed by atoms with Crippen molar-refractivity contribution in [2.24, 2.45) is 0 Å². The van der Waals surface area contributed by atoms with Gasteiger partial charge in [-0.25, -0.2) is 0 Å². The van der Waals surface area contributed by atoms with Gasteiger partial charge in [-0.15, -0.1) is 7.55 Å². The summed E-state index contributed by atoms with van der Waals surface area (Å²) in [6, 6.07) is 0. The molecule has 1 rings (SSSR count). The molecule has 0 fully saturated rings. The van der Waals surface area contributed by atoms with E-state index in [0.29, 0.717) is 0 Å². The molecule has 1 aliphatic heterocycles. The normalized spacial score (nSPS) is 30.5. The Balaban J connectivity index is 2.73. The Labute approximate surface area is 106 Å². The van der Waals surface area contributed by atoms with Crippen LogP contribution in [0, 0.1) is 0 Å². The van der Waals surface area contributed by atoms with Gasteiger partial charge in [0.1, 0.15) is 0 Å². The van der Waals surface area contributed by atoms with E-state index in [0.717, 1.165) is 6.42 Å². The minimum Gasteiger partial charge on any atom is -0.100 e. The van der Waals surface area contributed by atoms with Gasteiger partial charge in [-0.3, -0.25) is 0 Å². The van der Waals surface area contributed by atoms with Crippen LogP contribution >= 0.6 is 7.55 Å². The lowest BCUT2D eigenvalue weighted by molar-refractivity contribution is 1.29. The summed E-state index contributed by atoms with van der Waals surface area (Å²) in [6.45, 7) is 4.32. The van der Waals surface area contributed by atoms with Crippen LogP contribution in [0.1, 0.15) is 13.3 Å². The summed E-state index contributed by atoms with van der Waals surface area (Å²) in [4.78, 5) is 0. The van der Waals surface area contributed by atoms with Gasteiger partial charge in [-0.1, -0.05) is 72.4 Å². The zero-order valence-electron chi connectivity index (χ0n) is 10.6. The minimum absolute atomic E-state index is 0.443. The first-order valence-corrected chi connectivity index (χ1v) is 8.15. The molecular weight excluding hydrogens is 223 g/mol. The Bertz CT molecular complexity index is 426. The average Bonchev–Trinajstić information content (AvgIpc) is 2.33. The zero-order chi connectivity index (χ0) is 12.3. The van der Waals surface area contributed by atoms with Gasteiger partial charge >= 0.3 is 0 Å². The van der Waals surface area contributed by atoms with Crippen molar-refractivity contribution in [1.29, 1.82) is 0 Å². The molecule has 1 heteroatoms. The third-order valence-corrected chi connectivity index (χ3v) is 3.79. The van der Waals surface area contributed by atoms with Gasteiger partial charge in [0.25, 0.3) is 0 Å². The Morgan fingerprint density at radius 2 is 2.00 bits per heavy atom. The van der Waals surface area contributed by atoms with Crippen LogP contribution in [0.4, 0.5) is 0 Å². The molecule has 0 nitrogen and oxygen atoms in total. The third-order valence-electron chi connectivity index (χ3n) is 2.35. The lowest BCUT2D eigenvalue weighted by Gasteiger charge is -1.97. The number of allylic oxidation sites excluding steroid dienone is 11. The molecule has 0 saturated heterocycles. The van der Waals surface area contributed by atoms with Crippen molar-refractivity contribution < 1.29 is 0 Å². The third kappa shape index (κ3) is 6.81. The van der Waals surface area contributed by atoms with Crippen LogP contribution in [0.2, 0.25) is 0 Å². The van der Waals surface area contributed by atoms with Crippen molar-refractivity contribution in [2.75, 3.05) is 6.66 Å². The summed E-state index contributed by atoms with van der Waals surface area (Å²) in [6.07, 6.45) is 22.3. The second-order valence-electron chi connectivity index (χ2n) is 3.91. The Kier molecular flexibility index (Phi) is 7.18. The molecule has 1 heterocycles. The lowest BCUT2D eigenvalue weighted by Crippen LogP contribution is -1.76. The molecule has 0 aromatic carbocycles. The van der Waals surface area contributed by atoms with E-state index < -0.39 is 7.55 Å². The standard InChI is InChI=1S/C16H21P/c1-3-4-5-7-11-16-12-8-6-9-14-17(2)15-10-13-16/h3-10,12-15,17H,11H2,1-2H3/b4-3-,7-5-,8-6-,9-6?,12-8?,13-10-,14-9+,15-10?,16-12+,16-13?. The first-order valence-electron chi connectivity index (χ1n) is 5.99. The van der Waals surface area contributed by atoms with Crippen LogP contribution < -0.4 is 0 Å². The lowest BCUT2D eigenvalue weighted by atomic mass is 10.1. The monoisotopic (exact) mass is 244 g/mol. The predicted molar refractivity (Wildman–Crippen MR) is 84.4 cm³/mol. The van der Waals surface area contributed by atoms with Crippen LogP contribution in [0.3, 0.4) is 0 Å². The maximum absolute atomic E-state index is 2.31. The van der Waals surface area contributed by atoms with Gasteiger partial charge in [0.05, 0.1) is 0 Å². The maximum Gasteiger partial charge on any atom is -0.00943 e. The molecule has 0 spiro atoms. The van der Waals surface area contributed by atoms with E-state index in [9.17, 15) is 0 Å². The highest BCUT2D eigenvalue weighted by atomic mass is 31.1. The highest BCUT2D eigenvalue weighted by Gasteiger charge is 1.87. The van der Waals surface area contributed by atoms with Crippen LogP contribution in [0.25, 0.3) is 0 Å². The Hall–Kier alpha value is -1.26. The maximum atomic E-state index is 2.31. The highest BCUT2D eigenvalue weighted by molar-refractivity contribution is 7.59. The van der Waals surface area contributed by atoms with Crippen molar-refractivity contribution in [3.05, 3.63) is 72.2 Å². The van der Waals surface area contributed by atoms with Crippen molar-refractivity contribution in [2.45, 2.75) is 13.3 Å². The van der Waals surface area contributed by atoms with Crippen LogP contribution in [0.15, 0.2) is 72.2 Å². The first-order chi connectivity index (χ1) is 8.33. The van der Waals surface area contributed by atoms with Gasteiger partial charge < -0.3 is 0 Å². The van der Waals surface area contributed by atoms with Gasteiger partial charge in [-0.05, 0) is 25.6 Å². The fourth-order valence-electron chi connectivity index (χ4n) is 1.42. The number of rotatable bonds is 3. The molecule has 0 radical (unpaired) electrons. The largest absolute Gasteiger partial charge is 0.100 e. The Morgan fingerprint density at radius 1 is 1.12 bits per heavy atom. The van der Waals surface area contributed by atoms with E-state index in [-0.39, 0.29) is 0 Å². The number of hydrogen-bond acceptors (Lipinski definition) is 0.